The Kier molecular flexibility index (Phi) is 7.14. The molecule has 0 amide bonds. The number of rotatable bonds is 8. The molecule has 0 heterocycles. The van der Waals surface area contributed by atoms with Crippen molar-refractivity contribution in [3.63, 3.8) is 0 Å². The van der Waals surface area contributed by atoms with Gasteiger partial charge in [-0.05, 0) is 32.4 Å². The zero-order valence-corrected chi connectivity index (χ0v) is 11.0. The molecule has 92 valence electrons. The molecule has 0 radical (unpaired) electrons. The number of nitrogens with one attached hydrogen (secondary N) is 1. The van der Waals surface area contributed by atoms with Crippen LogP contribution in [-0.2, 0) is 0 Å². The normalized spacial score (nSPS) is 14.6. The second kappa shape index (κ2) is 7.20. The fourth-order valence-electron chi connectivity index (χ4n) is 1.63. The SMILES string of the molecule is CCCNCC(C)(C)CN(C)C(C)CO. The van der Waals surface area contributed by atoms with Crippen LogP contribution in [0.15, 0.2) is 0 Å². The first-order valence-electron chi connectivity index (χ1n) is 5.94. The molecule has 3 heteroatoms. The molecule has 0 spiro atoms. The minimum Gasteiger partial charge on any atom is -0.395 e. The summed E-state index contributed by atoms with van der Waals surface area (Å²) in [6, 6.07) is 0.246. The van der Waals surface area contributed by atoms with Crippen molar-refractivity contribution in [3.8, 4) is 0 Å². The second-order valence-corrected chi connectivity index (χ2v) is 5.29. The van der Waals surface area contributed by atoms with E-state index in [0.717, 1.165) is 19.6 Å². The van der Waals surface area contributed by atoms with Crippen LogP contribution >= 0.6 is 0 Å². The highest BCUT2D eigenvalue weighted by Gasteiger charge is 2.21. The summed E-state index contributed by atoms with van der Waals surface area (Å²) in [4.78, 5) is 2.22. The van der Waals surface area contributed by atoms with Gasteiger partial charge in [0.1, 0.15) is 0 Å². The molecule has 0 bridgehead atoms. The Balaban J connectivity index is 3.89. The minimum absolute atomic E-state index is 0.231. The summed E-state index contributed by atoms with van der Waals surface area (Å²) in [7, 11) is 2.07. The third kappa shape index (κ3) is 6.88. The lowest BCUT2D eigenvalue weighted by Crippen LogP contribution is -2.43. The monoisotopic (exact) mass is 216 g/mol. The average molecular weight is 216 g/mol. The van der Waals surface area contributed by atoms with E-state index < -0.39 is 0 Å². The lowest BCUT2D eigenvalue weighted by atomic mass is 9.92. The molecule has 0 aliphatic rings. The van der Waals surface area contributed by atoms with Gasteiger partial charge in [-0.15, -0.1) is 0 Å². The minimum atomic E-state index is 0.231. The van der Waals surface area contributed by atoms with Gasteiger partial charge in [-0.25, -0.2) is 0 Å². The van der Waals surface area contributed by atoms with E-state index in [9.17, 15) is 0 Å². The predicted molar refractivity (Wildman–Crippen MR) is 66.1 cm³/mol. The van der Waals surface area contributed by atoms with Gasteiger partial charge in [-0.3, -0.25) is 0 Å². The Hall–Kier alpha value is -0.120. The van der Waals surface area contributed by atoms with E-state index in [1.807, 2.05) is 0 Å². The third-order valence-corrected chi connectivity index (χ3v) is 2.72. The molecule has 0 aromatic heterocycles. The number of hydrogen-bond acceptors (Lipinski definition) is 3. The van der Waals surface area contributed by atoms with Gasteiger partial charge < -0.3 is 15.3 Å². The summed E-state index contributed by atoms with van der Waals surface area (Å²) in [5.74, 6) is 0. The van der Waals surface area contributed by atoms with Crippen LogP contribution < -0.4 is 5.32 Å². The van der Waals surface area contributed by atoms with Crippen molar-refractivity contribution in [1.29, 1.82) is 0 Å². The molecule has 0 aromatic carbocycles. The van der Waals surface area contributed by atoms with Gasteiger partial charge in [0.25, 0.3) is 0 Å². The van der Waals surface area contributed by atoms with Gasteiger partial charge in [0.15, 0.2) is 0 Å². The Morgan fingerprint density at radius 1 is 1.40 bits per heavy atom. The molecule has 15 heavy (non-hydrogen) atoms. The van der Waals surface area contributed by atoms with Crippen molar-refractivity contribution in [2.45, 2.75) is 40.2 Å². The van der Waals surface area contributed by atoms with Crippen LogP contribution in [0.1, 0.15) is 34.1 Å². The maximum Gasteiger partial charge on any atom is 0.0584 e. The number of aliphatic hydroxyl groups is 1. The van der Waals surface area contributed by atoms with E-state index in [1.54, 1.807) is 0 Å². The summed E-state index contributed by atoms with van der Waals surface area (Å²) in [5.41, 5.74) is 0.257. The molecule has 0 aliphatic carbocycles. The zero-order chi connectivity index (χ0) is 11.9. The maximum atomic E-state index is 9.06. The molecule has 2 N–H and O–H groups in total. The highest BCUT2D eigenvalue weighted by Crippen LogP contribution is 2.16. The number of likely N-dealkylation sites (N-methyl/N-ethyl adjacent to an activating group) is 1. The van der Waals surface area contributed by atoms with Crippen molar-refractivity contribution in [2.24, 2.45) is 5.41 Å². The molecule has 0 aromatic rings. The summed E-state index contributed by atoms with van der Waals surface area (Å²) in [6.07, 6.45) is 1.18. The Morgan fingerprint density at radius 2 is 2.00 bits per heavy atom. The van der Waals surface area contributed by atoms with Crippen molar-refractivity contribution >= 4 is 0 Å². The molecule has 0 rings (SSSR count). The molecule has 0 aliphatic heterocycles. The maximum absolute atomic E-state index is 9.06. The standard InChI is InChI=1S/C12H28N2O/c1-6-7-13-9-12(3,4)10-14(5)11(2)8-15/h11,13,15H,6-10H2,1-5H3. The van der Waals surface area contributed by atoms with E-state index in [0.29, 0.717) is 0 Å². The first kappa shape index (κ1) is 14.9. The van der Waals surface area contributed by atoms with Crippen LogP contribution in [0, 0.1) is 5.41 Å². The largest absolute Gasteiger partial charge is 0.395 e. The molecule has 1 atom stereocenters. The Labute approximate surface area is 94.9 Å². The fraction of sp³-hybridized carbons (Fsp3) is 1.00. The van der Waals surface area contributed by atoms with E-state index in [-0.39, 0.29) is 18.1 Å². The van der Waals surface area contributed by atoms with Gasteiger partial charge in [0.05, 0.1) is 6.61 Å². The molecular weight excluding hydrogens is 188 g/mol. The molecular formula is C12H28N2O. The van der Waals surface area contributed by atoms with Crippen LogP contribution in [-0.4, -0.2) is 49.3 Å². The fourth-order valence-corrected chi connectivity index (χ4v) is 1.63. The summed E-state index contributed by atoms with van der Waals surface area (Å²) < 4.78 is 0. The van der Waals surface area contributed by atoms with E-state index in [4.69, 9.17) is 5.11 Å². The lowest BCUT2D eigenvalue weighted by Gasteiger charge is -2.33. The predicted octanol–water partition coefficient (Wildman–Crippen LogP) is 1.32. The highest BCUT2D eigenvalue weighted by atomic mass is 16.3. The summed E-state index contributed by atoms with van der Waals surface area (Å²) in [6.45, 7) is 12.1. The number of aliphatic hydroxyl groups excluding tert-OH is 1. The first-order valence-corrected chi connectivity index (χ1v) is 5.94. The molecule has 0 saturated heterocycles. The molecule has 0 saturated carbocycles. The summed E-state index contributed by atoms with van der Waals surface area (Å²) >= 11 is 0. The van der Waals surface area contributed by atoms with Gasteiger partial charge in [0, 0.05) is 19.1 Å². The molecule has 3 nitrogen and oxygen atoms in total. The lowest BCUT2D eigenvalue weighted by molar-refractivity contribution is 0.117. The summed E-state index contributed by atoms with van der Waals surface area (Å²) in [5, 5.41) is 12.5. The number of nitrogens with zero attached hydrogens (tertiary/aromatic N) is 1. The average Bonchev–Trinajstić information content (AvgIpc) is 2.16. The smallest absolute Gasteiger partial charge is 0.0584 e. The second-order valence-electron chi connectivity index (χ2n) is 5.29. The Morgan fingerprint density at radius 3 is 2.47 bits per heavy atom. The highest BCUT2D eigenvalue weighted by molar-refractivity contribution is 4.77. The first-order chi connectivity index (χ1) is 6.93. The molecule has 1 unspecified atom stereocenters. The van der Waals surface area contributed by atoms with Crippen molar-refractivity contribution in [3.05, 3.63) is 0 Å². The van der Waals surface area contributed by atoms with Gasteiger partial charge in [-0.2, -0.15) is 0 Å². The Bertz CT molecular complexity index is 160. The van der Waals surface area contributed by atoms with Gasteiger partial charge >= 0.3 is 0 Å². The van der Waals surface area contributed by atoms with Crippen molar-refractivity contribution in [2.75, 3.05) is 33.3 Å². The van der Waals surface area contributed by atoms with Crippen LogP contribution in [0.4, 0.5) is 0 Å². The van der Waals surface area contributed by atoms with Crippen molar-refractivity contribution in [1.82, 2.24) is 10.2 Å². The molecule has 0 fully saturated rings. The number of hydrogen-bond donors (Lipinski definition) is 2. The van der Waals surface area contributed by atoms with E-state index in [1.165, 1.54) is 6.42 Å². The van der Waals surface area contributed by atoms with Gasteiger partial charge in [0.2, 0.25) is 0 Å². The van der Waals surface area contributed by atoms with Crippen LogP contribution in [0.5, 0.6) is 0 Å². The van der Waals surface area contributed by atoms with Crippen LogP contribution in [0.3, 0.4) is 0 Å². The van der Waals surface area contributed by atoms with E-state index in [2.05, 4.69) is 45.0 Å². The van der Waals surface area contributed by atoms with Crippen molar-refractivity contribution < 1.29 is 5.11 Å². The topological polar surface area (TPSA) is 35.5 Å². The van der Waals surface area contributed by atoms with Gasteiger partial charge in [-0.1, -0.05) is 20.8 Å². The van der Waals surface area contributed by atoms with Crippen LogP contribution in [0.25, 0.3) is 0 Å². The van der Waals surface area contributed by atoms with Crippen LogP contribution in [0.2, 0.25) is 0 Å². The third-order valence-electron chi connectivity index (χ3n) is 2.72. The quantitative estimate of drug-likeness (QED) is 0.601. The zero-order valence-electron chi connectivity index (χ0n) is 11.0. The van der Waals surface area contributed by atoms with E-state index >= 15 is 0 Å².